The SMILES string of the molecule is CCOC(=O)CC1N=C(c2ccc(F)cc2)ON1. The Hall–Kier alpha value is -1.95. The summed E-state index contributed by atoms with van der Waals surface area (Å²) >= 11 is 0. The molecule has 6 heteroatoms. The molecule has 5 nitrogen and oxygen atoms in total. The second-order valence-corrected chi connectivity index (χ2v) is 3.69. The molecule has 1 N–H and O–H groups in total. The maximum Gasteiger partial charge on any atom is 0.309 e. The maximum absolute atomic E-state index is 12.7. The molecule has 1 unspecified atom stereocenters. The van der Waals surface area contributed by atoms with Gasteiger partial charge in [-0.1, -0.05) is 0 Å². The van der Waals surface area contributed by atoms with Gasteiger partial charge in [-0.25, -0.2) is 9.38 Å². The zero-order valence-corrected chi connectivity index (χ0v) is 9.85. The van der Waals surface area contributed by atoms with Gasteiger partial charge >= 0.3 is 5.97 Å². The summed E-state index contributed by atoms with van der Waals surface area (Å²) in [6, 6.07) is 5.75. The highest BCUT2D eigenvalue weighted by molar-refractivity contribution is 5.94. The largest absolute Gasteiger partial charge is 0.466 e. The molecule has 0 fully saturated rings. The van der Waals surface area contributed by atoms with Crippen molar-refractivity contribution >= 4 is 11.9 Å². The standard InChI is InChI=1S/C12H13FN2O3/c1-2-17-11(16)7-10-14-12(18-15-10)8-3-5-9(13)6-4-8/h3-6,10,15H,2,7H2,1H3. The van der Waals surface area contributed by atoms with Crippen LogP contribution in [0.1, 0.15) is 18.9 Å². The molecule has 1 aliphatic rings. The Morgan fingerprint density at radius 3 is 2.89 bits per heavy atom. The first-order valence-electron chi connectivity index (χ1n) is 5.60. The van der Waals surface area contributed by atoms with Crippen LogP contribution < -0.4 is 5.48 Å². The zero-order chi connectivity index (χ0) is 13.0. The summed E-state index contributed by atoms with van der Waals surface area (Å²) in [5.74, 6) is -0.333. The molecule has 18 heavy (non-hydrogen) atoms. The molecule has 0 bridgehead atoms. The fourth-order valence-electron chi connectivity index (χ4n) is 1.51. The molecule has 0 saturated carbocycles. The van der Waals surface area contributed by atoms with Crippen LogP contribution >= 0.6 is 0 Å². The molecule has 0 amide bonds. The molecule has 0 aliphatic carbocycles. The number of halogens is 1. The van der Waals surface area contributed by atoms with Gasteiger partial charge in [0.2, 0.25) is 5.90 Å². The van der Waals surface area contributed by atoms with Crippen LogP contribution in [0.2, 0.25) is 0 Å². The summed E-state index contributed by atoms with van der Waals surface area (Å²) in [7, 11) is 0. The lowest BCUT2D eigenvalue weighted by atomic mass is 10.2. The predicted molar refractivity (Wildman–Crippen MR) is 62.2 cm³/mol. The highest BCUT2D eigenvalue weighted by atomic mass is 19.1. The number of aliphatic imine (C=N–C) groups is 1. The van der Waals surface area contributed by atoms with Crippen LogP contribution in [-0.2, 0) is 14.4 Å². The number of ether oxygens (including phenoxy) is 1. The molecule has 1 aromatic carbocycles. The fraction of sp³-hybridized carbons (Fsp3) is 0.333. The van der Waals surface area contributed by atoms with Gasteiger partial charge in [0.05, 0.1) is 13.0 Å². The van der Waals surface area contributed by atoms with E-state index < -0.39 is 6.17 Å². The van der Waals surface area contributed by atoms with Crippen molar-refractivity contribution < 1.29 is 18.8 Å². The third-order valence-corrected chi connectivity index (χ3v) is 2.32. The van der Waals surface area contributed by atoms with Gasteiger partial charge in [-0.15, -0.1) is 5.48 Å². The van der Waals surface area contributed by atoms with Gasteiger partial charge in [0.1, 0.15) is 12.0 Å². The monoisotopic (exact) mass is 252 g/mol. The molecule has 1 heterocycles. The van der Waals surface area contributed by atoms with E-state index in [4.69, 9.17) is 9.57 Å². The van der Waals surface area contributed by atoms with E-state index in [2.05, 4.69) is 10.5 Å². The summed E-state index contributed by atoms with van der Waals surface area (Å²) in [6.45, 7) is 2.07. The summed E-state index contributed by atoms with van der Waals surface area (Å²) in [4.78, 5) is 20.6. The number of hydrogen-bond acceptors (Lipinski definition) is 5. The molecule has 96 valence electrons. The lowest BCUT2D eigenvalue weighted by Crippen LogP contribution is -2.25. The number of hydrogen-bond donors (Lipinski definition) is 1. The normalized spacial score (nSPS) is 18.1. The van der Waals surface area contributed by atoms with Crippen LogP contribution in [0.15, 0.2) is 29.3 Å². The second kappa shape index (κ2) is 5.59. The Morgan fingerprint density at radius 2 is 2.22 bits per heavy atom. The van der Waals surface area contributed by atoms with E-state index in [0.717, 1.165) is 0 Å². The second-order valence-electron chi connectivity index (χ2n) is 3.69. The van der Waals surface area contributed by atoms with E-state index >= 15 is 0 Å². The fourth-order valence-corrected chi connectivity index (χ4v) is 1.51. The number of rotatable bonds is 4. The van der Waals surface area contributed by atoms with Crippen LogP contribution in [-0.4, -0.2) is 24.6 Å². The van der Waals surface area contributed by atoms with Gasteiger partial charge in [0.25, 0.3) is 0 Å². The van der Waals surface area contributed by atoms with Crippen molar-refractivity contribution in [3.63, 3.8) is 0 Å². The van der Waals surface area contributed by atoms with Crippen molar-refractivity contribution in [3.05, 3.63) is 35.6 Å². The molecule has 2 rings (SSSR count). The highest BCUT2D eigenvalue weighted by Crippen LogP contribution is 2.12. The average Bonchev–Trinajstić information content (AvgIpc) is 2.78. The van der Waals surface area contributed by atoms with Crippen molar-refractivity contribution in [1.82, 2.24) is 5.48 Å². The van der Waals surface area contributed by atoms with Crippen LogP contribution in [0.4, 0.5) is 4.39 Å². The lowest BCUT2D eigenvalue weighted by molar-refractivity contribution is -0.144. The van der Waals surface area contributed by atoms with E-state index in [1.165, 1.54) is 12.1 Å². The van der Waals surface area contributed by atoms with E-state index in [9.17, 15) is 9.18 Å². The number of esters is 1. The lowest BCUT2D eigenvalue weighted by Gasteiger charge is -2.04. The van der Waals surface area contributed by atoms with E-state index in [1.54, 1.807) is 19.1 Å². The smallest absolute Gasteiger partial charge is 0.309 e. The molecule has 0 radical (unpaired) electrons. The molecule has 0 spiro atoms. The number of hydroxylamine groups is 1. The van der Waals surface area contributed by atoms with E-state index in [1.807, 2.05) is 0 Å². The maximum atomic E-state index is 12.7. The van der Waals surface area contributed by atoms with Gasteiger partial charge in [-0.2, -0.15) is 0 Å². The third-order valence-electron chi connectivity index (χ3n) is 2.32. The topological polar surface area (TPSA) is 59.9 Å². The Kier molecular flexibility index (Phi) is 3.88. The van der Waals surface area contributed by atoms with Gasteiger partial charge in [-0.05, 0) is 31.2 Å². The Morgan fingerprint density at radius 1 is 1.50 bits per heavy atom. The minimum absolute atomic E-state index is 0.0958. The third kappa shape index (κ3) is 3.04. The molecule has 0 saturated heterocycles. The summed E-state index contributed by atoms with van der Waals surface area (Å²) in [5, 5.41) is 0. The quantitative estimate of drug-likeness (QED) is 0.822. The molecular formula is C12H13FN2O3. The van der Waals surface area contributed by atoms with Gasteiger partial charge in [0, 0.05) is 5.56 Å². The van der Waals surface area contributed by atoms with Crippen molar-refractivity contribution in [1.29, 1.82) is 0 Å². The molecular weight excluding hydrogens is 239 g/mol. The minimum Gasteiger partial charge on any atom is -0.466 e. The minimum atomic E-state index is -0.468. The van der Waals surface area contributed by atoms with Crippen LogP contribution in [0, 0.1) is 5.82 Å². The van der Waals surface area contributed by atoms with Crippen LogP contribution in [0.5, 0.6) is 0 Å². The van der Waals surface area contributed by atoms with Gasteiger partial charge in [-0.3, -0.25) is 4.79 Å². The Balaban J connectivity index is 1.99. The first-order valence-corrected chi connectivity index (χ1v) is 5.60. The predicted octanol–water partition coefficient (Wildman–Crippen LogP) is 1.39. The summed E-state index contributed by atoms with van der Waals surface area (Å²) in [5.41, 5.74) is 3.26. The van der Waals surface area contributed by atoms with Gasteiger partial charge in [0.15, 0.2) is 0 Å². The molecule has 1 aromatic rings. The van der Waals surface area contributed by atoms with Crippen molar-refractivity contribution in [2.45, 2.75) is 19.5 Å². The first-order chi connectivity index (χ1) is 8.69. The number of nitrogens with zero attached hydrogens (tertiary/aromatic N) is 1. The number of nitrogens with one attached hydrogen (secondary N) is 1. The Bertz CT molecular complexity index is 459. The number of benzene rings is 1. The molecule has 0 aromatic heterocycles. The highest BCUT2D eigenvalue weighted by Gasteiger charge is 2.22. The van der Waals surface area contributed by atoms with E-state index in [-0.39, 0.29) is 18.2 Å². The van der Waals surface area contributed by atoms with Gasteiger partial charge < -0.3 is 9.57 Å². The summed E-state index contributed by atoms with van der Waals surface area (Å²) < 4.78 is 17.6. The number of carbonyl (C=O) groups is 1. The van der Waals surface area contributed by atoms with Crippen LogP contribution in [0.25, 0.3) is 0 Å². The Labute approximate surface area is 104 Å². The average molecular weight is 252 g/mol. The van der Waals surface area contributed by atoms with E-state index in [0.29, 0.717) is 18.1 Å². The van der Waals surface area contributed by atoms with Crippen molar-refractivity contribution in [3.8, 4) is 0 Å². The van der Waals surface area contributed by atoms with Crippen molar-refractivity contribution in [2.75, 3.05) is 6.61 Å². The van der Waals surface area contributed by atoms with Crippen LogP contribution in [0.3, 0.4) is 0 Å². The first kappa shape index (κ1) is 12.5. The molecule has 1 atom stereocenters. The number of carbonyl (C=O) groups excluding carboxylic acids is 1. The molecule has 1 aliphatic heterocycles. The van der Waals surface area contributed by atoms with Crippen molar-refractivity contribution in [2.24, 2.45) is 4.99 Å². The zero-order valence-electron chi connectivity index (χ0n) is 9.85. The summed E-state index contributed by atoms with van der Waals surface area (Å²) in [6.07, 6.45) is -0.373.